The van der Waals surface area contributed by atoms with E-state index in [1.54, 1.807) is 6.07 Å². The number of benzene rings is 2. The lowest BCUT2D eigenvalue weighted by Crippen LogP contribution is -2.57. The van der Waals surface area contributed by atoms with Crippen LogP contribution in [0, 0.1) is 0 Å². The highest BCUT2D eigenvalue weighted by Crippen LogP contribution is 2.49. The molecule has 0 N–H and O–H groups in total. The van der Waals surface area contributed by atoms with Crippen LogP contribution in [0.4, 0.5) is 5.69 Å². The van der Waals surface area contributed by atoms with Gasteiger partial charge in [-0.3, -0.25) is 0 Å². The summed E-state index contributed by atoms with van der Waals surface area (Å²) in [6.07, 6.45) is 6.56. The molecule has 1 heterocycles. The van der Waals surface area contributed by atoms with Crippen molar-refractivity contribution < 1.29 is 4.74 Å². The van der Waals surface area contributed by atoms with Gasteiger partial charge in [0.1, 0.15) is 5.75 Å². The summed E-state index contributed by atoms with van der Waals surface area (Å²) in [6, 6.07) is 14.2. The Labute approximate surface area is 159 Å². The van der Waals surface area contributed by atoms with E-state index < -0.39 is 5.72 Å². The first kappa shape index (κ1) is 16.8. The molecule has 0 bridgehead atoms. The lowest BCUT2D eigenvalue weighted by atomic mass is 9.82. The molecule has 1 atom stereocenters. The SMILES string of the molecule is CCN(c1ccccc1)C12CCCCC1=Cc1cc(Cl)cc(Cl)c1O2. The predicted octanol–water partition coefficient (Wildman–Crippen LogP) is 6.57. The van der Waals surface area contributed by atoms with Gasteiger partial charge in [0.15, 0.2) is 0 Å². The van der Waals surface area contributed by atoms with Gasteiger partial charge in [-0.15, -0.1) is 0 Å². The molecule has 2 nitrogen and oxygen atoms in total. The molecule has 2 aliphatic rings. The summed E-state index contributed by atoms with van der Waals surface area (Å²) >= 11 is 12.7. The number of fused-ring (bicyclic) bond motifs is 2. The third-order valence-corrected chi connectivity index (χ3v) is 5.67. The number of nitrogens with zero attached hydrogens (tertiary/aromatic N) is 1. The average molecular weight is 374 g/mol. The lowest BCUT2D eigenvalue weighted by molar-refractivity contribution is 0.0726. The van der Waals surface area contributed by atoms with Crippen LogP contribution >= 0.6 is 23.2 Å². The van der Waals surface area contributed by atoms with Gasteiger partial charge in [0, 0.05) is 29.2 Å². The van der Waals surface area contributed by atoms with Gasteiger partial charge in [-0.25, -0.2) is 0 Å². The Morgan fingerprint density at radius 1 is 1.12 bits per heavy atom. The van der Waals surface area contributed by atoms with Gasteiger partial charge in [-0.2, -0.15) is 0 Å². The zero-order chi connectivity index (χ0) is 17.4. The minimum absolute atomic E-state index is 0.460. The van der Waals surface area contributed by atoms with Crippen LogP contribution in [-0.4, -0.2) is 12.3 Å². The smallest absolute Gasteiger partial charge is 0.205 e. The molecular weight excluding hydrogens is 353 g/mol. The van der Waals surface area contributed by atoms with Crippen LogP contribution in [-0.2, 0) is 0 Å². The van der Waals surface area contributed by atoms with E-state index in [0.29, 0.717) is 10.0 Å². The summed E-state index contributed by atoms with van der Waals surface area (Å²) in [5.41, 5.74) is 3.01. The van der Waals surface area contributed by atoms with Crippen molar-refractivity contribution in [2.24, 2.45) is 0 Å². The summed E-state index contributed by atoms with van der Waals surface area (Å²) in [4.78, 5) is 2.37. The number of ether oxygens (including phenoxy) is 1. The van der Waals surface area contributed by atoms with E-state index in [-0.39, 0.29) is 0 Å². The van der Waals surface area contributed by atoms with E-state index in [9.17, 15) is 0 Å². The van der Waals surface area contributed by atoms with Crippen LogP contribution in [0.5, 0.6) is 5.75 Å². The van der Waals surface area contributed by atoms with Gasteiger partial charge in [0.25, 0.3) is 0 Å². The molecule has 1 aliphatic carbocycles. The minimum atomic E-state index is -0.460. The molecule has 0 amide bonds. The van der Waals surface area contributed by atoms with E-state index in [2.05, 4.69) is 42.2 Å². The first-order chi connectivity index (χ1) is 12.1. The quantitative estimate of drug-likeness (QED) is 0.603. The van der Waals surface area contributed by atoms with Crippen molar-refractivity contribution >= 4 is 35.0 Å². The van der Waals surface area contributed by atoms with E-state index in [4.69, 9.17) is 27.9 Å². The largest absolute Gasteiger partial charge is 0.462 e. The fourth-order valence-electron chi connectivity index (χ4n) is 4.11. The topological polar surface area (TPSA) is 12.5 Å². The predicted molar refractivity (Wildman–Crippen MR) is 106 cm³/mol. The first-order valence-electron chi connectivity index (χ1n) is 8.86. The number of hydrogen-bond donors (Lipinski definition) is 0. The van der Waals surface area contributed by atoms with Gasteiger partial charge in [-0.1, -0.05) is 41.4 Å². The number of likely N-dealkylation sites (N-methyl/N-ethyl adjacent to an activating group) is 1. The van der Waals surface area contributed by atoms with E-state index in [1.165, 1.54) is 17.7 Å². The molecule has 0 radical (unpaired) electrons. The van der Waals surface area contributed by atoms with Crippen LogP contribution in [0.25, 0.3) is 6.08 Å². The summed E-state index contributed by atoms with van der Waals surface area (Å²) in [7, 11) is 0. The molecule has 0 spiro atoms. The average Bonchev–Trinajstić information content (AvgIpc) is 2.62. The van der Waals surface area contributed by atoms with Crippen molar-refractivity contribution in [3.8, 4) is 5.75 Å². The molecule has 1 unspecified atom stereocenters. The zero-order valence-corrected chi connectivity index (χ0v) is 15.8. The van der Waals surface area contributed by atoms with Crippen LogP contribution in [0.1, 0.15) is 38.2 Å². The molecule has 4 rings (SSSR count). The highest BCUT2D eigenvalue weighted by Gasteiger charge is 2.46. The van der Waals surface area contributed by atoms with Gasteiger partial charge < -0.3 is 9.64 Å². The van der Waals surface area contributed by atoms with Crippen molar-refractivity contribution in [2.75, 3.05) is 11.4 Å². The zero-order valence-electron chi connectivity index (χ0n) is 14.3. The van der Waals surface area contributed by atoms with Crippen molar-refractivity contribution in [1.29, 1.82) is 0 Å². The molecule has 2 aromatic rings. The molecule has 1 fully saturated rings. The molecule has 1 saturated carbocycles. The lowest BCUT2D eigenvalue weighted by Gasteiger charge is -2.50. The monoisotopic (exact) mass is 373 g/mol. The van der Waals surface area contributed by atoms with E-state index >= 15 is 0 Å². The van der Waals surface area contributed by atoms with Crippen molar-refractivity contribution in [3.05, 3.63) is 63.6 Å². The Kier molecular flexibility index (Phi) is 4.43. The fourth-order valence-corrected chi connectivity index (χ4v) is 4.65. The molecule has 0 aromatic heterocycles. The number of hydrogen-bond acceptors (Lipinski definition) is 2. The second kappa shape index (κ2) is 6.59. The van der Waals surface area contributed by atoms with E-state index in [1.807, 2.05) is 12.1 Å². The molecule has 1 aliphatic heterocycles. The van der Waals surface area contributed by atoms with Gasteiger partial charge in [0.05, 0.1) is 5.02 Å². The van der Waals surface area contributed by atoms with Crippen LogP contribution in [0.2, 0.25) is 10.0 Å². The number of anilines is 1. The van der Waals surface area contributed by atoms with Gasteiger partial charge in [-0.05, 0) is 62.1 Å². The second-order valence-electron chi connectivity index (χ2n) is 6.65. The maximum Gasteiger partial charge on any atom is 0.205 e. The summed E-state index contributed by atoms with van der Waals surface area (Å²) < 4.78 is 6.68. The van der Waals surface area contributed by atoms with Crippen molar-refractivity contribution in [1.82, 2.24) is 0 Å². The molecule has 4 heteroatoms. The van der Waals surface area contributed by atoms with Gasteiger partial charge in [0.2, 0.25) is 5.72 Å². The molecular formula is C21H21Cl2NO. The highest BCUT2D eigenvalue weighted by atomic mass is 35.5. The molecule has 0 saturated heterocycles. The standard InChI is InChI=1S/C21H21Cl2NO/c1-2-24(18-9-4-3-5-10-18)21-11-7-6-8-16(21)12-15-13-17(22)14-19(23)20(15)25-21/h3-5,9-10,12-14H,2,6-8,11H2,1H3. The summed E-state index contributed by atoms with van der Waals surface area (Å²) in [6.45, 7) is 3.04. The maximum atomic E-state index is 6.68. The third-order valence-electron chi connectivity index (χ3n) is 5.17. The normalized spacial score (nSPS) is 21.6. The number of rotatable bonds is 3. The van der Waals surface area contributed by atoms with Crippen molar-refractivity contribution in [3.63, 3.8) is 0 Å². The van der Waals surface area contributed by atoms with E-state index in [0.717, 1.165) is 37.1 Å². The Bertz CT molecular complexity index is 818. The molecule has 2 aromatic carbocycles. The number of para-hydroxylation sites is 1. The fraction of sp³-hybridized carbons (Fsp3) is 0.333. The van der Waals surface area contributed by atoms with Crippen LogP contribution in [0.15, 0.2) is 48.0 Å². The van der Waals surface area contributed by atoms with Gasteiger partial charge >= 0.3 is 0 Å². The summed E-state index contributed by atoms with van der Waals surface area (Å²) in [5, 5.41) is 1.22. The highest BCUT2D eigenvalue weighted by molar-refractivity contribution is 6.36. The third kappa shape index (κ3) is 2.82. The Balaban J connectivity index is 1.87. The Morgan fingerprint density at radius 2 is 1.92 bits per heavy atom. The Hall–Kier alpha value is -1.64. The second-order valence-corrected chi connectivity index (χ2v) is 7.49. The molecule has 25 heavy (non-hydrogen) atoms. The summed E-state index contributed by atoms with van der Waals surface area (Å²) in [5.74, 6) is 0.742. The maximum absolute atomic E-state index is 6.68. The van der Waals surface area contributed by atoms with Crippen LogP contribution in [0.3, 0.4) is 0 Å². The van der Waals surface area contributed by atoms with Crippen LogP contribution < -0.4 is 9.64 Å². The minimum Gasteiger partial charge on any atom is -0.462 e. The number of halogens is 2. The Morgan fingerprint density at radius 3 is 2.68 bits per heavy atom. The van der Waals surface area contributed by atoms with Crippen molar-refractivity contribution in [2.45, 2.75) is 38.3 Å². The molecule has 130 valence electrons. The first-order valence-corrected chi connectivity index (χ1v) is 9.61.